The van der Waals surface area contributed by atoms with Gasteiger partial charge < -0.3 is 10.2 Å². The molecule has 0 saturated heterocycles. The molecule has 0 atom stereocenters. The van der Waals surface area contributed by atoms with E-state index in [0.29, 0.717) is 11.1 Å². The molecule has 0 aromatic heterocycles. The molecule has 2 N–H and O–H groups in total. The van der Waals surface area contributed by atoms with Crippen LogP contribution in [0.25, 0.3) is 0 Å². The van der Waals surface area contributed by atoms with Crippen LogP contribution in [-0.4, -0.2) is 29.3 Å². The smallest absolute Gasteiger partial charge is 0.129 e. The molecule has 0 heterocycles. The highest BCUT2D eigenvalue weighted by Gasteiger charge is 2.01. The minimum Gasteiger partial charge on any atom is -0.507 e. The molecule has 144 valence electrons. The van der Waals surface area contributed by atoms with E-state index < -0.39 is 0 Å². The Labute approximate surface area is 162 Å². The van der Waals surface area contributed by atoms with Crippen LogP contribution in [0.1, 0.15) is 61.8 Å². The number of aryl methyl sites for hydroxylation is 2. The summed E-state index contributed by atoms with van der Waals surface area (Å²) in [4.78, 5) is 8.55. The first-order valence-corrected chi connectivity index (χ1v) is 9.77. The van der Waals surface area contributed by atoms with Crippen molar-refractivity contribution < 1.29 is 10.2 Å². The Kier molecular flexibility index (Phi) is 8.56. The number of aromatic hydroxyl groups is 2. The molecule has 0 aliphatic rings. The fourth-order valence-corrected chi connectivity index (χ4v) is 2.81. The molecule has 0 spiro atoms. The van der Waals surface area contributed by atoms with Gasteiger partial charge in [-0.25, -0.2) is 0 Å². The summed E-state index contributed by atoms with van der Waals surface area (Å²) < 4.78 is 0. The Morgan fingerprint density at radius 2 is 1.19 bits per heavy atom. The van der Waals surface area contributed by atoms with Crippen LogP contribution in [0.15, 0.2) is 46.4 Å². The highest BCUT2D eigenvalue weighted by molar-refractivity contribution is 5.85. The molecule has 0 bridgehead atoms. The van der Waals surface area contributed by atoms with E-state index in [1.807, 2.05) is 24.3 Å². The molecule has 2 aromatic rings. The van der Waals surface area contributed by atoms with E-state index in [0.717, 1.165) is 38.5 Å². The van der Waals surface area contributed by atoms with E-state index in [1.54, 1.807) is 24.6 Å². The molecule has 4 nitrogen and oxygen atoms in total. The number of phenolic OH excluding ortho intramolecular Hbond substituents is 2. The average molecular weight is 367 g/mol. The fraction of sp³-hybridized carbons (Fsp3) is 0.391. The SMILES string of the molecule is CCCCc1ccc(O)c(C=NCN=Cc2cc(CCCC)ccc2O)c1. The van der Waals surface area contributed by atoms with Crippen molar-refractivity contribution in [1.29, 1.82) is 0 Å². The molecule has 0 unspecified atom stereocenters. The van der Waals surface area contributed by atoms with Crippen molar-refractivity contribution in [3.8, 4) is 11.5 Å². The second-order valence-corrected chi connectivity index (χ2v) is 6.76. The third-order valence-corrected chi connectivity index (χ3v) is 4.45. The van der Waals surface area contributed by atoms with Crippen molar-refractivity contribution in [2.45, 2.75) is 52.4 Å². The molecule has 27 heavy (non-hydrogen) atoms. The Balaban J connectivity index is 1.97. The van der Waals surface area contributed by atoms with Gasteiger partial charge in [-0.15, -0.1) is 0 Å². The van der Waals surface area contributed by atoms with Gasteiger partial charge in [-0.3, -0.25) is 9.98 Å². The lowest BCUT2D eigenvalue weighted by Crippen LogP contribution is -1.91. The van der Waals surface area contributed by atoms with Crippen LogP contribution in [0.3, 0.4) is 0 Å². The van der Waals surface area contributed by atoms with Crippen LogP contribution in [0.5, 0.6) is 11.5 Å². The molecule has 0 radical (unpaired) electrons. The summed E-state index contributed by atoms with van der Waals surface area (Å²) >= 11 is 0. The third-order valence-electron chi connectivity index (χ3n) is 4.45. The molecule has 0 amide bonds. The zero-order chi connectivity index (χ0) is 19.5. The number of aliphatic imine (C=N–C) groups is 2. The van der Waals surface area contributed by atoms with Gasteiger partial charge >= 0.3 is 0 Å². The summed E-state index contributed by atoms with van der Waals surface area (Å²) in [6, 6.07) is 11.3. The number of hydrogen-bond acceptors (Lipinski definition) is 4. The normalized spacial score (nSPS) is 11.6. The fourth-order valence-electron chi connectivity index (χ4n) is 2.81. The van der Waals surface area contributed by atoms with Gasteiger partial charge in [0.05, 0.1) is 0 Å². The molecule has 4 heteroatoms. The quantitative estimate of drug-likeness (QED) is 0.562. The van der Waals surface area contributed by atoms with Crippen molar-refractivity contribution in [2.24, 2.45) is 9.98 Å². The summed E-state index contributed by atoms with van der Waals surface area (Å²) in [5.74, 6) is 0.452. The van der Waals surface area contributed by atoms with Crippen LogP contribution in [0, 0.1) is 0 Å². The first kappa shape index (κ1) is 20.7. The molecular weight excluding hydrogens is 336 g/mol. The number of benzene rings is 2. The lowest BCUT2D eigenvalue weighted by atomic mass is 10.1. The first-order chi connectivity index (χ1) is 13.1. The maximum absolute atomic E-state index is 9.97. The molecular formula is C23H30N2O2. The molecule has 2 rings (SSSR count). The Bertz CT molecular complexity index is 716. The molecule has 2 aromatic carbocycles. The number of phenols is 2. The van der Waals surface area contributed by atoms with Crippen molar-refractivity contribution >= 4 is 12.4 Å². The second kappa shape index (κ2) is 11.2. The zero-order valence-electron chi connectivity index (χ0n) is 16.4. The highest BCUT2D eigenvalue weighted by atomic mass is 16.3. The monoisotopic (exact) mass is 366 g/mol. The summed E-state index contributed by atoms with van der Waals surface area (Å²) in [6.07, 6.45) is 9.86. The van der Waals surface area contributed by atoms with E-state index in [9.17, 15) is 10.2 Å². The number of unbranched alkanes of at least 4 members (excludes halogenated alkanes) is 2. The van der Waals surface area contributed by atoms with Gasteiger partial charge in [0.15, 0.2) is 0 Å². The maximum Gasteiger partial charge on any atom is 0.129 e. The van der Waals surface area contributed by atoms with Gasteiger partial charge in [0.2, 0.25) is 0 Å². The van der Waals surface area contributed by atoms with Crippen molar-refractivity contribution in [3.63, 3.8) is 0 Å². The van der Waals surface area contributed by atoms with Crippen LogP contribution >= 0.6 is 0 Å². The van der Waals surface area contributed by atoms with Crippen LogP contribution in [0.4, 0.5) is 0 Å². The Morgan fingerprint density at radius 1 is 0.741 bits per heavy atom. The van der Waals surface area contributed by atoms with E-state index in [2.05, 4.69) is 23.8 Å². The van der Waals surface area contributed by atoms with Crippen LogP contribution < -0.4 is 0 Å². The molecule has 0 fully saturated rings. The maximum atomic E-state index is 9.97. The minimum absolute atomic E-state index is 0.226. The zero-order valence-corrected chi connectivity index (χ0v) is 16.4. The lowest BCUT2D eigenvalue weighted by Gasteiger charge is -2.04. The summed E-state index contributed by atoms with van der Waals surface area (Å²) in [6.45, 7) is 4.58. The Morgan fingerprint density at radius 3 is 1.59 bits per heavy atom. The van der Waals surface area contributed by atoms with E-state index in [1.165, 1.54) is 11.1 Å². The summed E-state index contributed by atoms with van der Waals surface area (Å²) in [5.41, 5.74) is 3.83. The van der Waals surface area contributed by atoms with Gasteiger partial charge in [0, 0.05) is 23.6 Å². The topological polar surface area (TPSA) is 65.2 Å². The summed E-state index contributed by atoms with van der Waals surface area (Å²) in [7, 11) is 0. The van der Waals surface area contributed by atoms with Crippen molar-refractivity contribution in [3.05, 3.63) is 58.7 Å². The predicted molar refractivity (Wildman–Crippen MR) is 113 cm³/mol. The Hall–Kier alpha value is -2.62. The highest BCUT2D eigenvalue weighted by Crippen LogP contribution is 2.19. The van der Waals surface area contributed by atoms with E-state index >= 15 is 0 Å². The van der Waals surface area contributed by atoms with Gasteiger partial charge in [-0.2, -0.15) is 0 Å². The number of nitrogens with zero attached hydrogens (tertiary/aromatic N) is 2. The molecule has 0 aliphatic heterocycles. The number of hydrogen-bond donors (Lipinski definition) is 2. The molecule has 0 saturated carbocycles. The minimum atomic E-state index is 0.226. The predicted octanol–water partition coefficient (Wildman–Crippen LogP) is 5.28. The second-order valence-electron chi connectivity index (χ2n) is 6.76. The molecule has 0 aliphatic carbocycles. The van der Waals surface area contributed by atoms with Gasteiger partial charge in [0.25, 0.3) is 0 Å². The van der Waals surface area contributed by atoms with Crippen molar-refractivity contribution in [1.82, 2.24) is 0 Å². The van der Waals surface area contributed by atoms with Crippen LogP contribution in [0.2, 0.25) is 0 Å². The summed E-state index contributed by atoms with van der Waals surface area (Å²) in [5, 5.41) is 19.9. The van der Waals surface area contributed by atoms with Gasteiger partial charge in [0.1, 0.15) is 18.2 Å². The van der Waals surface area contributed by atoms with E-state index in [4.69, 9.17) is 0 Å². The largest absolute Gasteiger partial charge is 0.507 e. The lowest BCUT2D eigenvalue weighted by molar-refractivity contribution is 0.473. The average Bonchev–Trinajstić information content (AvgIpc) is 2.68. The first-order valence-electron chi connectivity index (χ1n) is 9.77. The van der Waals surface area contributed by atoms with Crippen molar-refractivity contribution in [2.75, 3.05) is 6.67 Å². The number of rotatable bonds is 10. The third kappa shape index (κ3) is 6.89. The van der Waals surface area contributed by atoms with E-state index in [-0.39, 0.29) is 18.2 Å². The van der Waals surface area contributed by atoms with Gasteiger partial charge in [-0.05, 0) is 61.1 Å². The van der Waals surface area contributed by atoms with Crippen LogP contribution in [-0.2, 0) is 12.8 Å². The standard InChI is InChI=1S/C23H30N2O2/c1-3-5-7-18-9-11-22(26)20(13-18)15-24-17-25-16-21-14-19(8-6-4-2)10-12-23(21)27/h9-16,26-27H,3-8,17H2,1-2H3. The van der Waals surface area contributed by atoms with Gasteiger partial charge in [-0.1, -0.05) is 38.8 Å².